The van der Waals surface area contributed by atoms with E-state index in [0.29, 0.717) is 18.0 Å². The first kappa shape index (κ1) is 24.6. The number of pyridine rings is 1. The summed E-state index contributed by atoms with van der Waals surface area (Å²) in [5.74, 6) is -1.75. The molecule has 9 heteroatoms. The van der Waals surface area contributed by atoms with E-state index in [0.717, 1.165) is 16.7 Å². The summed E-state index contributed by atoms with van der Waals surface area (Å²) in [4.78, 5) is 45.9. The van der Waals surface area contributed by atoms with Gasteiger partial charge in [-0.05, 0) is 44.4 Å². The van der Waals surface area contributed by atoms with Crippen molar-refractivity contribution in [2.45, 2.75) is 39.2 Å². The van der Waals surface area contributed by atoms with Crippen LogP contribution in [-0.4, -0.2) is 46.6 Å². The summed E-state index contributed by atoms with van der Waals surface area (Å²) in [7, 11) is 0. The molecule has 3 aromatic rings. The Morgan fingerprint density at radius 2 is 1.68 bits per heavy atom. The molecule has 0 fully saturated rings. The van der Waals surface area contributed by atoms with Crippen molar-refractivity contribution in [3.63, 3.8) is 0 Å². The van der Waals surface area contributed by atoms with E-state index < -0.39 is 23.4 Å². The first-order valence-corrected chi connectivity index (χ1v) is 11.0. The third-order valence-electron chi connectivity index (χ3n) is 5.09. The summed E-state index contributed by atoms with van der Waals surface area (Å²) < 4.78 is 15.8. The highest BCUT2D eigenvalue weighted by Gasteiger charge is 2.49. The molecule has 1 N–H and O–H groups in total. The van der Waals surface area contributed by atoms with Crippen molar-refractivity contribution < 1.29 is 28.3 Å². The Hall–Kier alpha value is -4.01. The number of aromatic nitrogens is 2. The SMILES string of the molecule is CCOC(=O)C(CCc1ccc(-c2coc(-c3cccnc3)n2)cc1)(NC(C)=O)C(=O)OCC. The lowest BCUT2D eigenvalue weighted by Crippen LogP contribution is -2.61. The predicted octanol–water partition coefficient (Wildman–Crippen LogP) is 3.34. The molecular formula is C25H27N3O6. The number of carbonyl (C=O) groups excluding carboxylic acids is 3. The Kier molecular flexibility index (Phi) is 8.13. The maximum Gasteiger partial charge on any atom is 0.343 e. The summed E-state index contributed by atoms with van der Waals surface area (Å²) in [6, 6.07) is 11.1. The minimum Gasteiger partial charge on any atom is -0.464 e. The summed E-state index contributed by atoms with van der Waals surface area (Å²) in [6.45, 7) is 4.62. The van der Waals surface area contributed by atoms with Crippen molar-refractivity contribution in [2.24, 2.45) is 0 Å². The summed E-state index contributed by atoms with van der Waals surface area (Å²) in [6.07, 6.45) is 5.22. The van der Waals surface area contributed by atoms with Gasteiger partial charge in [0.05, 0.1) is 18.8 Å². The molecule has 0 aliphatic carbocycles. The van der Waals surface area contributed by atoms with Crippen LogP contribution in [0.3, 0.4) is 0 Å². The topological polar surface area (TPSA) is 121 Å². The average molecular weight is 466 g/mol. The highest BCUT2D eigenvalue weighted by molar-refractivity contribution is 6.07. The van der Waals surface area contributed by atoms with Gasteiger partial charge in [-0.1, -0.05) is 24.3 Å². The summed E-state index contributed by atoms with van der Waals surface area (Å²) in [5.41, 5.74) is 1.21. The van der Waals surface area contributed by atoms with E-state index in [1.807, 2.05) is 36.4 Å². The number of ether oxygens (including phenoxy) is 2. The number of carbonyl (C=O) groups is 3. The van der Waals surface area contributed by atoms with Crippen LogP contribution in [0.1, 0.15) is 32.8 Å². The number of esters is 2. The van der Waals surface area contributed by atoms with Crippen LogP contribution in [0.15, 0.2) is 59.5 Å². The summed E-state index contributed by atoms with van der Waals surface area (Å²) >= 11 is 0. The van der Waals surface area contributed by atoms with Crippen molar-refractivity contribution >= 4 is 17.8 Å². The number of rotatable bonds is 10. The number of nitrogens with one attached hydrogen (secondary N) is 1. The van der Waals surface area contributed by atoms with Gasteiger partial charge in [0, 0.05) is 24.9 Å². The molecule has 0 radical (unpaired) electrons. The minimum atomic E-state index is -1.92. The van der Waals surface area contributed by atoms with Gasteiger partial charge in [-0.3, -0.25) is 9.78 Å². The Labute approximate surface area is 197 Å². The molecule has 0 aliphatic heterocycles. The number of hydrogen-bond acceptors (Lipinski definition) is 8. The van der Waals surface area contributed by atoms with E-state index in [4.69, 9.17) is 13.9 Å². The average Bonchev–Trinajstić information content (AvgIpc) is 3.33. The zero-order valence-corrected chi connectivity index (χ0v) is 19.4. The van der Waals surface area contributed by atoms with Crippen LogP contribution in [0.25, 0.3) is 22.7 Å². The molecule has 0 unspecified atom stereocenters. The number of benzene rings is 1. The van der Waals surface area contributed by atoms with Gasteiger partial charge in [0.2, 0.25) is 17.3 Å². The molecule has 0 bridgehead atoms. The largest absolute Gasteiger partial charge is 0.464 e. The van der Waals surface area contributed by atoms with Gasteiger partial charge in [-0.2, -0.15) is 0 Å². The fourth-order valence-electron chi connectivity index (χ4n) is 3.46. The second kappa shape index (κ2) is 11.2. The molecule has 178 valence electrons. The normalized spacial score (nSPS) is 11.0. The maximum absolute atomic E-state index is 12.7. The Morgan fingerprint density at radius 1 is 1.00 bits per heavy atom. The van der Waals surface area contributed by atoms with Gasteiger partial charge in [-0.15, -0.1) is 0 Å². The molecule has 1 amide bonds. The molecule has 0 saturated carbocycles. The van der Waals surface area contributed by atoms with Gasteiger partial charge in [0.15, 0.2) is 0 Å². The van der Waals surface area contributed by atoms with Gasteiger partial charge in [0.25, 0.3) is 0 Å². The number of aryl methyl sites for hydroxylation is 1. The zero-order valence-electron chi connectivity index (χ0n) is 19.4. The van der Waals surface area contributed by atoms with Gasteiger partial charge >= 0.3 is 11.9 Å². The Morgan fingerprint density at radius 3 is 2.24 bits per heavy atom. The molecule has 3 rings (SSSR count). The summed E-state index contributed by atoms with van der Waals surface area (Å²) in [5, 5.41) is 2.47. The monoisotopic (exact) mass is 465 g/mol. The second-order valence-corrected chi connectivity index (χ2v) is 7.50. The quantitative estimate of drug-likeness (QED) is 0.358. The molecule has 0 aliphatic rings. The molecule has 1 aromatic carbocycles. The van der Waals surface area contributed by atoms with Crippen LogP contribution < -0.4 is 5.32 Å². The van der Waals surface area contributed by atoms with Crippen LogP contribution in [0.4, 0.5) is 0 Å². The number of nitrogens with zero attached hydrogens (tertiary/aromatic N) is 2. The van der Waals surface area contributed by atoms with E-state index in [1.165, 1.54) is 6.92 Å². The van der Waals surface area contributed by atoms with Crippen LogP contribution in [0.2, 0.25) is 0 Å². The van der Waals surface area contributed by atoms with E-state index in [9.17, 15) is 14.4 Å². The second-order valence-electron chi connectivity index (χ2n) is 7.50. The van der Waals surface area contributed by atoms with Crippen LogP contribution in [-0.2, 0) is 30.3 Å². The van der Waals surface area contributed by atoms with Crippen molar-refractivity contribution in [1.82, 2.24) is 15.3 Å². The van der Waals surface area contributed by atoms with Crippen LogP contribution in [0.5, 0.6) is 0 Å². The zero-order chi connectivity index (χ0) is 24.6. The lowest BCUT2D eigenvalue weighted by atomic mass is 9.90. The fraction of sp³-hybridized carbons (Fsp3) is 0.320. The van der Waals surface area contributed by atoms with E-state index in [2.05, 4.69) is 15.3 Å². The minimum absolute atomic E-state index is 0.0152. The molecule has 0 atom stereocenters. The lowest BCUT2D eigenvalue weighted by Gasteiger charge is -2.29. The maximum atomic E-state index is 12.7. The van der Waals surface area contributed by atoms with Gasteiger partial charge < -0.3 is 19.2 Å². The number of oxazole rings is 1. The van der Waals surface area contributed by atoms with Gasteiger partial charge in [0.1, 0.15) is 12.0 Å². The van der Waals surface area contributed by atoms with Crippen molar-refractivity contribution in [2.75, 3.05) is 13.2 Å². The third kappa shape index (κ3) is 5.67. The molecule has 2 heterocycles. The molecule has 34 heavy (non-hydrogen) atoms. The first-order valence-electron chi connectivity index (χ1n) is 11.0. The highest BCUT2D eigenvalue weighted by atomic mass is 16.6. The smallest absolute Gasteiger partial charge is 0.343 e. The van der Waals surface area contributed by atoms with Gasteiger partial charge in [-0.25, -0.2) is 14.6 Å². The molecule has 9 nitrogen and oxygen atoms in total. The van der Waals surface area contributed by atoms with E-state index in [-0.39, 0.29) is 19.6 Å². The first-order chi connectivity index (χ1) is 16.4. The van der Waals surface area contributed by atoms with Crippen molar-refractivity contribution in [3.05, 3.63) is 60.6 Å². The molecular weight excluding hydrogens is 438 g/mol. The van der Waals surface area contributed by atoms with Crippen molar-refractivity contribution in [1.29, 1.82) is 0 Å². The third-order valence-corrected chi connectivity index (χ3v) is 5.09. The Balaban J connectivity index is 1.78. The highest BCUT2D eigenvalue weighted by Crippen LogP contribution is 2.25. The number of hydrogen-bond donors (Lipinski definition) is 1. The lowest BCUT2D eigenvalue weighted by molar-refractivity contribution is -0.168. The van der Waals surface area contributed by atoms with E-state index in [1.54, 1.807) is 32.5 Å². The standard InChI is InChI=1S/C25H27N3O6/c1-4-32-23(30)25(28-17(3)29,24(31)33-5-2)13-12-18-8-10-19(11-9-18)21-16-34-22(27-21)20-7-6-14-26-15-20/h6-11,14-16H,4-5,12-13H2,1-3H3,(H,28,29). The molecule has 0 saturated heterocycles. The number of amides is 1. The Bertz CT molecular complexity index is 1110. The molecule has 2 aromatic heterocycles. The fourth-order valence-corrected chi connectivity index (χ4v) is 3.46. The predicted molar refractivity (Wildman–Crippen MR) is 123 cm³/mol. The molecule has 0 spiro atoms. The van der Waals surface area contributed by atoms with Crippen molar-refractivity contribution in [3.8, 4) is 22.7 Å². The van der Waals surface area contributed by atoms with Crippen LogP contribution in [0, 0.1) is 0 Å². The van der Waals surface area contributed by atoms with Crippen LogP contribution >= 0.6 is 0 Å². The van der Waals surface area contributed by atoms with E-state index >= 15 is 0 Å².